The number of hydrogen-bond acceptors (Lipinski definition) is 3. The normalized spacial score (nSPS) is 22.1. The smallest absolute Gasteiger partial charge is 0.271 e. The maximum Gasteiger partial charge on any atom is 0.271 e. The highest BCUT2D eigenvalue weighted by Gasteiger charge is 2.48. The van der Waals surface area contributed by atoms with Crippen molar-refractivity contribution in [1.29, 1.82) is 0 Å². The number of thiophene rings is 1. The molecule has 1 aliphatic carbocycles. The van der Waals surface area contributed by atoms with Crippen molar-refractivity contribution in [2.24, 2.45) is 0 Å². The summed E-state index contributed by atoms with van der Waals surface area (Å²) in [5, 5.41) is 3.34. The van der Waals surface area contributed by atoms with Gasteiger partial charge in [0.15, 0.2) is 0 Å². The van der Waals surface area contributed by atoms with Gasteiger partial charge in [0.2, 0.25) is 5.91 Å². The summed E-state index contributed by atoms with van der Waals surface area (Å²) in [6.07, 6.45) is 6.59. The largest absolute Gasteiger partial charge is 0.351 e. The van der Waals surface area contributed by atoms with Gasteiger partial charge >= 0.3 is 0 Å². The van der Waals surface area contributed by atoms with Gasteiger partial charge < -0.3 is 14.8 Å². The van der Waals surface area contributed by atoms with E-state index in [1.165, 1.54) is 16.9 Å². The number of nitrogens with zero attached hydrogens (tertiary/aromatic N) is 2. The number of fused-ring (bicyclic) bond motifs is 3. The molecule has 0 bridgehead atoms. The predicted molar refractivity (Wildman–Crippen MR) is 139 cm³/mol. The third kappa shape index (κ3) is 4.06. The van der Waals surface area contributed by atoms with Gasteiger partial charge in [-0.1, -0.05) is 63.4 Å². The maximum absolute atomic E-state index is 13.9. The Balaban J connectivity index is 1.52. The Labute approximate surface area is 206 Å². The van der Waals surface area contributed by atoms with Crippen molar-refractivity contribution in [2.45, 2.75) is 83.3 Å². The molecule has 1 aliphatic heterocycles. The lowest BCUT2D eigenvalue weighted by Crippen LogP contribution is -2.65. The van der Waals surface area contributed by atoms with Gasteiger partial charge in [-0.3, -0.25) is 9.59 Å². The van der Waals surface area contributed by atoms with Crippen LogP contribution >= 0.6 is 11.3 Å². The van der Waals surface area contributed by atoms with Gasteiger partial charge in [0.1, 0.15) is 11.2 Å². The van der Waals surface area contributed by atoms with E-state index in [2.05, 4.69) is 41.9 Å². The van der Waals surface area contributed by atoms with Gasteiger partial charge in [-0.2, -0.15) is 0 Å². The number of aromatic nitrogens is 1. The minimum atomic E-state index is -0.940. The monoisotopic (exact) mass is 477 g/mol. The summed E-state index contributed by atoms with van der Waals surface area (Å²) in [5.74, 6) is 0.0597. The SMILES string of the molecule is CCc1cc2c(cc3n2C[C@@](C)(C(=O)NC2CCCCC2)N(C[C@H](C)c2ccccc2)C3=O)s1. The second kappa shape index (κ2) is 9.21. The zero-order valence-electron chi connectivity index (χ0n) is 20.5. The molecule has 1 fully saturated rings. The average molecular weight is 478 g/mol. The van der Waals surface area contributed by atoms with Crippen molar-refractivity contribution in [3.63, 3.8) is 0 Å². The van der Waals surface area contributed by atoms with Crippen molar-refractivity contribution in [3.8, 4) is 0 Å². The van der Waals surface area contributed by atoms with E-state index >= 15 is 0 Å². The van der Waals surface area contributed by atoms with Crippen LogP contribution in [0.4, 0.5) is 0 Å². The van der Waals surface area contributed by atoms with Gasteiger partial charge in [-0.05, 0) is 49.8 Å². The molecule has 0 unspecified atom stereocenters. The first-order valence-electron chi connectivity index (χ1n) is 12.7. The molecular formula is C28H35N3O2S. The summed E-state index contributed by atoms with van der Waals surface area (Å²) >= 11 is 1.75. The molecule has 3 heterocycles. The Morgan fingerprint density at radius 1 is 1.18 bits per heavy atom. The zero-order chi connectivity index (χ0) is 23.9. The van der Waals surface area contributed by atoms with Gasteiger partial charge in [0.05, 0.1) is 16.8 Å². The van der Waals surface area contributed by atoms with E-state index < -0.39 is 5.54 Å². The first-order chi connectivity index (χ1) is 16.4. The Kier molecular flexibility index (Phi) is 6.28. The van der Waals surface area contributed by atoms with Gasteiger partial charge in [-0.15, -0.1) is 11.3 Å². The summed E-state index contributed by atoms with van der Waals surface area (Å²) in [7, 11) is 0. The quantitative estimate of drug-likeness (QED) is 0.493. The lowest BCUT2D eigenvalue weighted by molar-refractivity contribution is -0.133. The summed E-state index contributed by atoms with van der Waals surface area (Å²) in [4.78, 5) is 31.0. The number of carbonyl (C=O) groups excluding carboxylic acids is 2. The molecule has 2 atom stereocenters. The Morgan fingerprint density at radius 2 is 1.91 bits per heavy atom. The van der Waals surface area contributed by atoms with E-state index in [0.29, 0.717) is 18.8 Å². The number of aryl methyl sites for hydroxylation is 1. The lowest BCUT2D eigenvalue weighted by atomic mass is 9.89. The third-order valence-electron chi connectivity index (χ3n) is 7.77. The van der Waals surface area contributed by atoms with Crippen LogP contribution in [-0.4, -0.2) is 39.4 Å². The van der Waals surface area contributed by atoms with Gasteiger partial charge in [0, 0.05) is 17.5 Å². The van der Waals surface area contributed by atoms with Crippen LogP contribution < -0.4 is 5.32 Å². The number of amides is 2. The Morgan fingerprint density at radius 3 is 2.62 bits per heavy atom. The van der Waals surface area contributed by atoms with Crippen LogP contribution in [0, 0.1) is 0 Å². The predicted octanol–water partition coefficient (Wildman–Crippen LogP) is 5.73. The van der Waals surface area contributed by atoms with Crippen LogP contribution in [0.5, 0.6) is 0 Å². The molecule has 5 rings (SSSR count). The van der Waals surface area contributed by atoms with E-state index in [9.17, 15) is 9.59 Å². The fourth-order valence-electron chi connectivity index (χ4n) is 5.60. The molecule has 3 aromatic rings. The number of benzene rings is 1. The molecule has 6 heteroatoms. The summed E-state index contributed by atoms with van der Waals surface area (Å²) in [6.45, 7) is 7.25. The van der Waals surface area contributed by atoms with Crippen LogP contribution in [0.1, 0.15) is 79.7 Å². The third-order valence-corrected chi connectivity index (χ3v) is 8.99. The van der Waals surface area contributed by atoms with Gasteiger partial charge in [-0.25, -0.2) is 0 Å². The van der Waals surface area contributed by atoms with E-state index in [1.54, 1.807) is 11.3 Å². The van der Waals surface area contributed by atoms with Crippen LogP contribution in [0.2, 0.25) is 0 Å². The fourth-order valence-corrected chi connectivity index (χ4v) is 6.64. The summed E-state index contributed by atoms with van der Waals surface area (Å²) < 4.78 is 3.23. The number of carbonyl (C=O) groups is 2. The van der Waals surface area contributed by atoms with Gasteiger partial charge in [0.25, 0.3) is 5.91 Å². The minimum Gasteiger partial charge on any atom is -0.351 e. The van der Waals surface area contributed by atoms with Crippen molar-refractivity contribution < 1.29 is 9.59 Å². The van der Waals surface area contributed by atoms with Crippen LogP contribution in [0.25, 0.3) is 10.2 Å². The molecule has 0 radical (unpaired) electrons. The molecule has 5 nitrogen and oxygen atoms in total. The first kappa shape index (κ1) is 23.2. The molecule has 0 spiro atoms. The average Bonchev–Trinajstić information content (AvgIpc) is 3.41. The number of hydrogen-bond donors (Lipinski definition) is 1. The van der Waals surface area contributed by atoms with E-state index in [0.717, 1.165) is 42.3 Å². The molecule has 1 aromatic carbocycles. The van der Waals surface area contributed by atoms with Crippen molar-refractivity contribution in [3.05, 3.63) is 58.6 Å². The minimum absolute atomic E-state index is 0.0218. The molecule has 2 aliphatic rings. The number of nitrogens with one attached hydrogen (secondary N) is 1. The van der Waals surface area contributed by atoms with Crippen molar-refractivity contribution in [2.75, 3.05) is 6.54 Å². The summed E-state index contributed by atoms with van der Waals surface area (Å²) in [6, 6.07) is 14.7. The topological polar surface area (TPSA) is 54.3 Å². The maximum atomic E-state index is 13.9. The highest BCUT2D eigenvalue weighted by atomic mass is 32.1. The van der Waals surface area contributed by atoms with E-state index in [1.807, 2.05) is 36.1 Å². The van der Waals surface area contributed by atoms with Crippen LogP contribution in [-0.2, 0) is 17.8 Å². The van der Waals surface area contributed by atoms with Crippen LogP contribution in [0.3, 0.4) is 0 Å². The van der Waals surface area contributed by atoms with Crippen molar-refractivity contribution >= 4 is 33.4 Å². The Bertz CT molecular complexity index is 1190. The van der Waals surface area contributed by atoms with E-state index in [-0.39, 0.29) is 23.8 Å². The number of rotatable bonds is 6. The molecular weight excluding hydrogens is 442 g/mol. The molecule has 1 saturated carbocycles. The molecule has 2 aromatic heterocycles. The molecule has 1 N–H and O–H groups in total. The molecule has 0 saturated heterocycles. The lowest BCUT2D eigenvalue weighted by Gasteiger charge is -2.45. The molecule has 180 valence electrons. The summed E-state index contributed by atoms with van der Waals surface area (Å²) in [5.41, 5.74) is 2.02. The Hall–Kier alpha value is -2.60. The van der Waals surface area contributed by atoms with Crippen molar-refractivity contribution in [1.82, 2.24) is 14.8 Å². The first-order valence-corrected chi connectivity index (χ1v) is 13.5. The molecule has 2 amide bonds. The second-order valence-electron chi connectivity index (χ2n) is 10.2. The standard InChI is InChI=1S/C28H35N3O2S/c1-4-22-15-23-25(34-22)16-24-26(32)31(17-19(2)20-11-7-5-8-12-20)28(3,18-30(23)24)27(33)29-21-13-9-6-10-14-21/h5,7-8,11-12,15-16,19,21H,4,6,9-10,13-14,17-18H2,1-3H3,(H,29,33)/t19-,28-/m0/s1. The second-order valence-corrected chi connectivity index (χ2v) is 11.4. The zero-order valence-corrected chi connectivity index (χ0v) is 21.3. The van der Waals surface area contributed by atoms with Crippen LogP contribution in [0.15, 0.2) is 42.5 Å². The fraction of sp³-hybridized carbons (Fsp3) is 0.500. The van der Waals surface area contributed by atoms with E-state index in [4.69, 9.17) is 0 Å². The highest BCUT2D eigenvalue weighted by Crippen LogP contribution is 2.37. The highest BCUT2D eigenvalue weighted by molar-refractivity contribution is 7.19. The molecule has 34 heavy (non-hydrogen) atoms.